The molecule has 0 fully saturated rings. The van der Waals surface area contributed by atoms with Crippen LogP contribution in [0.15, 0.2) is 24.3 Å². The van der Waals surface area contributed by atoms with Crippen molar-refractivity contribution in [3.8, 4) is 0 Å². The predicted molar refractivity (Wildman–Crippen MR) is 69.4 cm³/mol. The van der Waals surface area contributed by atoms with E-state index >= 15 is 0 Å². The minimum atomic E-state index is -0.126. The second-order valence-electron chi connectivity index (χ2n) is 4.04. The maximum absolute atomic E-state index is 11.7. The summed E-state index contributed by atoms with van der Waals surface area (Å²) in [5.74, 6) is 0.325. The summed E-state index contributed by atoms with van der Waals surface area (Å²) >= 11 is 5.72. The van der Waals surface area contributed by atoms with Crippen molar-refractivity contribution >= 4 is 17.5 Å². The third-order valence-corrected chi connectivity index (χ3v) is 2.74. The Morgan fingerprint density at radius 1 is 1.53 bits per heavy atom. The van der Waals surface area contributed by atoms with E-state index in [1.165, 1.54) is 0 Å². The summed E-state index contributed by atoms with van der Waals surface area (Å²) in [5.41, 5.74) is 2.16. The highest BCUT2D eigenvalue weighted by atomic mass is 35.5. The van der Waals surface area contributed by atoms with Gasteiger partial charge in [-0.15, -0.1) is 11.6 Å². The minimum absolute atomic E-state index is 0.0294. The van der Waals surface area contributed by atoms with Gasteiger partial charge in [-0.2, -0.15) is 0 Å². The molecule has 3 nitrogen and oxygen atoms in total. The molecule has 0 spiro atoms. The molecule has 17 heavy (non-hydrogen) atoms. The first kappa shape index (κ1) is 14.0. The normalized spacial score (nSPS) is 12.2. The molecule has 1 rings (SSSR count). The monoisotopic (exact) mass is 255 g/mol. The molecule has 4 heteroatoms. The fraction of sp³-hybridized carbons (Fsp3) is 0.462. The lowest BCUT2D eigenvalue weighted by molar-refractivity contribution is -0.121. The van der Waals surface area contributed by atoms with E-state index in [9.17, 15) is 4.79 Å². The van der Waals surface area contributed by atoms with Crippen LogP contribution in [0.3, 0.4) is 0 Å². The zero-order chi connectivity index (χ0) is 12.7. The van der Waals surface area contributed by atoms with Crippen LogP contribution in [0.1, 0.15) is 11.1 Å². The van der Waals surface area contributed by atoms with Crippen molar-refractivity contribution in [3.63, 3.8) is 0 Å². The van der Waals surface area contributed by atoms with E-state index in [2.05, 4.69) is 5.32 Å². The number of carbonyl (C=O) groups is 1. The molecule has 1 unspecified atom stereocenters. The Bertz CT molecular complexity index is 368. The molecule has 0 aromatic heterocycles. The van der Waals surface area contributed by atoms with Crippen molar-refractivity contribution in [3.05, 3.63) is 35.4 Å². The summed E-state index contributed by atoms with van der Waals surface area (Å²) in [4.78, 5) is 11.7. The van der Waals surface area contributed by atoms with Gasteiger partial charge in [0.05, 0.1) is 19.1 Å². The molecule has 1 aromatic carbocycles. The Labute approximate surface area is 107 Å². The van der Waals surface area contributed by atoms with Crippen LogP contribution >= 0.6 is 11.6 Å². The van der Waals surface area contributed by atoms with Gasteiger partial charge in [0.15, 0.2) is 0 Å². The van der Waals surface area contributed by atoms with Crippen LogP contribution in [0.4, 0.5) is 0 Å². The number of ether oxygens (including phenoxy) is 1. The van der Waals surface area contributed by atoms with Crippen molar-refractivity contribution in [1.82, 2.24) is 5.32 Å². The number of halogens is 1. The summed E-state index contributed by atoms with van der Waals surface area (Å²) in [6.07, 6.45) is 0.374. The van der Waals surface area contributed by atoms with Crippen LogP contribution in [-0.4, -0.2) is 31.5 Å². The lowest BCUT2D eigenvalue weighted by Gasteiger charge is -2.15. The third-order valence-electron chi connectivity index (χ3n) is 2.37. The Kier molecular flexibility index (Phi) is 6.01. The van der Waals surface area contributed by atoms with Gasteiger partial charge in [-0.25, -0.2) is 0 Å². The number of alkyl halides is 1. The van der Waals surface area contributed by atoms with Gasteiger partial charge >= 0.3 is 0 Å². The lowest BCUT2D eigenvalue weighted by Crippen LogP contribution is -2.40. The number of rotatable bonds is 6. The third kappa shape index (κ3) is 5.20. The number of nitrogens with one attached hydrogen (secondary N) is 1. The van der Waals surface area contributed by atoms with Crippen molar-refractivity contribution < 1.29 is 9.53 Å². The highest BCUT2D eigenvalue weighted by Crippen LogP contribution is 2.04. The fourth-order valence-electron chi connectivity index (χ4n) is 1.61. The molecule has 0 saturated carbocycles. The first-order valence-corrected chi connectivity index (χ1v) is 6.09. The minimum Gasteiger partial charge on any atom is -0.383 e. The zero-order valence-corrected chi connectivity index (χ0v) is 11.0. The standard InChI is InChI=1S/C13H18ClNO2/c1-10-4-3-5-11(6-10)7-13(16)15-12(8-14)9-17-2/h3-6,12H,7-9H2,1-2H3,(H,15,16). The Morgan fingerprint density at radius 2 is 2.29 bits per heavy atom. The second kappa shape index (κ2) is 7.30. The Morgan fingerprint density at radius 3 is 2.88 bits per heavy atom. The van der Waals surface area contributed by atoms with E-state index in [4.69, 9.17) is 16.3 Å². The molecule has 1 atom stereocenters. The van der Waals surface area contributed by atoms with Crippen molar-refractivity contribution in [2.75, 3.05) is 19.6 Å². The second-order valence-corrected chi connectivity index (χ2v) is 4.35. The maximum Gasteiger partial charge on any atom is 0.224 e. The zero-order valence-electron chi connectivity index (χ0n) is 10.2. The van der Waals surface area contributed by atoms with Gasteiger partial charge in [0, 0.05) is 13.0 Å². The first-order chi connectivity index (χ1) is 8.15. The quantitative estimate of drug-likeness (QED) is 0.789. The molecule has 0 aliphatic rings. The Hall–Kier alpha value is -1.06. The average molecular weight is 256 g/mol. The molecule has 94 valence electrons. The van der Waals surface area contributed by atoms with E-state index < -0.39 is 0 Å². The maximum atomic E-state index is 11.7. The van der Waals surface area contributed by atoms with Crippen LogP contribution in [0.25, 0.3) is 0 Å². The fourth-order valence-corrected chi connectivity index (χ4v) is 1.78. The van der Waals surface area contributed by atoms with E-state index in [-0.39, 0.29) is 11.9 Å². The molecule has 0 aliphatic carbocycles. The van der Waals surface area contributed by atoms with Gasteiger partial charge in [-0.05, 0) is 12.5 Å². The first-order valence-electron chi connectivity index (χ1n) is 5.55. The number of carbonyl (C=O) groups excluding carboxylic acids is 1. The van der Waals surface area contributed by atoms with E-state index in [1.54, 1.807) is 7.11 Å². The summed E-state index contributed by atoms with van der Waals surface area (Å²) in [6, 6.07) is 7.78. The smallest absolute Gasteiger partial charge is 0.224 e. The molecule has 1 amide bonds. The van der Waals surface area contributed by atoms with Gasteiger partial charge in [0.1, 0.15) is 0 Å². The van der Waals surface area contributed by atoms with Crippen LogP contribution in [-0.2, 0) is 16.0 Å². The summed E-state index contributed by atoms with van der Waals surface area (Å²) in [6.45, 7) is 2.44. The molecule has 0 saturated heterocycles. The molecule has 0 radical (unpaired) electrons. The summed E-state index contributed by atoms with van der Waals surface area (Å²) < 4.78 is 4.97. The number of hydrogen-bond donors (Lipinski definition) is 1. The van der Waals surface area contributed by atoms with Crippen LogP contribution in [0.2, 0.25) is 0 Å². The molecule has 1 aromatic rings. The molecule has 0 aliphatic heterocycles. The topological polar surface area (TPSA) is 38.3 Å². The number of methoxy groups -OCH3 is 1. The molecular formula is C13H18ClNO2. The number of amides is 1. The lowest BCUT2D eigenvalue weighted by atomic mass is 10.1. The van der Waals surface area contributed by atoms with E-state index in [0.29, 0.717) is 18.9 Å². The van der Waals surface area contributed by atoms with Gasteiger partial charge < -0.3 is 10.1 Å². The van der Waals surface area contributed by atoms with Crippen molar-refractivity contribution in [2.24, 2.45) is 0 Å². The van der Waals surface area contributed by atoms with Crippen LogP contribution in [0, 0.1) is 6.92 Å². The van der Waals surface area contributed by atoms with Gasteiger partial charge in [-0.3, -0.25) is 4.79 Å². The summed E-state index contributed by atoms with van der Waals surface area (Å²) in [7, 11) is 1.59. The molecular weight excluding hydrogens is 238 g/mol. The van der Waals surface area contributed by atoms with Gasteiger partial charge in [-0.1, -0.05) is 29.8 Å². The van der Waals surface area contributed by atoms with Crippen LogP contribution < -0.4 is 5.32 Å². The van der Waals surface area contributed by atoms with Crippen molar-refractivity contribution in [2.45, 2.75) is 19.4 Å². The van der Waals surface area contributed by atoms with Crippen LogP contribution in [0.5, 0.6) is 0 Å². The SMILES string of the molecule is COCC(CCl)NC(=O)Cc1cccc(C)c1. The highest BCUT2D eigenvalue weighted by molar-refractivity contribution is 6.18. The highest BCUT2D eigenvalue weighted by Gasteiger charge is 2.11. The molecule has 1 N–H and O–H groups in total. The number of hydrogen-bond acceptors (Lipinski definition) is 2. The van der Waals surface area contributed by atoms with Gasteiger partial charge in [0.25, 0.3) is 0 Å². The van der Waals surface area contributed by atoms with Gasteiger partial charge in [0.2, 0.25) is 5.91 Å². The largest absolute Gasteiger partial charge is 0.383 e. The summed E-state index contributed by atoms with van der Waals surface area (Å²) in [5, 5.41) is 2.84. The average Bonchev–Trinajstić information content (AvgIpc) is 2.28. The molecule has 0 heterocycles. The van der Waals surface area contributed by atoms with E-state index in [1.807, 2.05) is 31.2 Å². The number of aryl methyl sites for hydroxylation is 1. The van der Waals surface area contributed by atoms with E-state index in [0.717, 1.165) is 11.1 Å². The predicted octanol–water partition coefficient (Wildman–Crippen LogP) is 1.91. The Balaban J connectivity index is 2.49. The number of benzene rings is 1. The molecule has 0 bridgehead atoms. The van der Waals surface area contributed by atoms with Crippen molar-refractivity contribution in [1.29, 1.82) is 0 Å².